The summed E-state index contributed by atoms with van der Waals surface area (Å²) in [5.74, 6) is 0.523. The Kier molecular flexibility index (Phi) is 9.41. The Hall–Kier alpha value is -3.54. The molecule has 11 heteroatoms. The molecule has 0 saturated carbocycles. The van der Waals surface area contributed by atoms with Crippen LogP contribution < -0.4 is 15.6 Å². The number of morpholine rings is 1. The summed E-state index contributed by atoms with van der Waals surface area (Å²) in [7, 11) is 1.71. The third-order valence-corrected chi connectivity index (χ3v) is 6.30. The zero-order valence-electron chi connectivity index (χ0n) is 21.5. The van der Waals surface area contributed by atoms with E-state index in [9.17, 15) is 9.59 Å². The van der Waals surface area contributed by atoms with Crippen LogP contribution in [0.2, 0.25) is 0 Å². The van der Waals surface area contributed by atoms with Gasteiger partial charge >= 0.3 is 0 Å². The molecular formula is C26H36N8O3. The maximum absolute atomic E-state index is 12.7. The summed E-state index contributed by atoms with van der Waals surface area (Å²) in [6.45, 7) is 7.34. The van der Waals surface area contributed by atoms with Crippen molar-refractivity contribution in [2.24, 2.45) is 4.99 Å². The predicted molar refractivity (Wildman–Crippen MR) is 143 cm³/mol. The summed E-state index contributed by atoms with van der Waals surface area (Å²) in [5, 5.41) is 9.50. The number of hydrogen-bond donors (Lipinski definition) is 2. The van der Waals surface area contributed by atoms with E-state index in [1.807, 2.05) is 54.4 Å². The van der Waals surface area contributed by atoms with Crippen molar-refractivity contribution in [1.29, 1.82) is 0 Å². The van der Waals surface area contributed by atoms with Crippen LogP contribution in [0.5, 0.6) is 0 Å². The molecule has 2 aliphatic heterocycles. The number of hydrogen-bond acceptors (Lipinski definition) is 8. The highest BCUT2D eigenvalue weighted by atomic mass is 16.5. The van der Waals surface area contributed by atoms with E-state index in [0.717, 1.165) is 50.5 Å². The number of carbonyl (C=O) groups excluding carboxylic acids is 2. The monoisotopic (exact) mass is 508 g/mol. The quantitative estimate of drug-likeness (QED) is 0.414. The average molecular weight is 509 g/mol. The van der Waals surface area contributed by atoms with E-state index < -0.39 is 6.17 Å². The van der Waals surface area contributed by atoms with E-state index in [-0.39, 0.29) is 11.9 Å². The van der Waals surface area contributed by atoms with Gasteiger partial charge in [-0.2, -0.15) is 5.10 Å². The van der Waals surface area contributed by atoms with Gasteiger partial charge in [0.1, 0.15) is 12.2 Å². The third-order valence-electron chi connectivity index (χ3n) is 6.30. The molecule has 1 saturated heterocycles. The van der Waals surface area contributed by atoms with Crippen LogP contribution in [0, 0.1) is 0 Å². The van der Waals surface area contributed by atoms with Gasteiger partial charge in [0.15, 0.2) is 6.17 Å². The van der Waals surface area contributed by atoms with Crippen LogP contribution in [0.4, 0.5) is 5.82 Å². The summed E-state index contributed by atoms with van der Waals surface area (Å²) in [5.41, 5.74) is 5.03. The molecule has 0 radical (unpaired) electrons. The molecular weight excluding hydrogens is 472 g/mol. The average Bonchev–Trinajstić information content (AvgIpc) is 3.55. The Morgan fingerprint density at radius 2 is 2.08 bits per heavy atom. The molecule has 1 fully saturated rings. The molecule has 0 spiro atoms. The number of ether oxygens (including phenoxy) is 1. The molecule has 37 heavy (non-hydrogen) atoms. The Morgan fingerprint density at radius 1 is 1.30 bits per heavy atom. The molecule has 11 nitrogen and oxygen atoms in total. The van der Waals surface area contributed by atoms with E-state index in [1.165, 1.54) is 4.90 Å². The van der Waals surface area contributed by atoms with Gasteiger partial charge < -0.3 is 15.0 Å². The molecule has 1 aromatic carbocycles. The molecule has 2 N–H and O–H groups in total. The van der Waals surface area contributed by atoms with Crippen molar-refractivity contribution in [2.45, 2.75) is 38.6 Å². The maximum atomic E-state index is 12.7. The lowest BCUT2D eigenvalue weighted by Crippen LogP contribution is -2.48. The first kappa shape index (κ1) is 26.5. The summed E-state index contributed by atoms with van der Waals surface area (Å²) in [4.78, 5) is 32.3. The topological polar surface area (TPSA) is 107 Å². The second-order valence-electron chi connectivity index (χ2n) is 9.29. The third kappa shape index (κ3) is 7.72. The highest BCUT2D eigenvalue weighted by molar-refractivity contribution is 5.84. The number of nitrogens with zero attached hydrogens (tertiary/aromatic N) is 6. The van der Waals surface area contributed by atoms with E-state index in [1.54, 1.807) is 18.1 Å². The van der Waals surface area contributed by atoms with Gasteiger partial charge in [-0.15, -0.1) is 0 Å². The van der Waals surface area contributed by atoms with Gasteiger partial charge in [-0.3, -0.25) is 19.5 Å². The van der Waals surface area contributed by atoms with E-state index in [2.05, 4.69) is 31.8 Å². The lowest BCUT2D eigenvalue weighted by atomic mass is 10.2. The number of nitrogens with one attached hydrogen (secondary N) is 2. The number of aliphatic imine (C=N–C) groups is 1. The van der Waals surface area contributed by atoms with Crippen molar-refractivity contribution in [3.8, 4) is 0 Å². The molecule has 0 aliphatic carbocycles. The molecule has 1 aromatic heterocycles. The number of hydrazine groups is 1. The lowest BCUT2D eigenvalue weighted by Gasteiger charge is -2.24. The van der Waals surface area contributed by atoms with Gasteiger partial charge in [0.05, 0.1) is 25.5 Å². The summed E-state index contributed by atoms with van der Waals surface area (Å²) in [6.07, 6.45) is 6.47. The van der Waals surface area contributed by atoms with Crippen molar-refractivity contribution in [3.05, 3.63) is 53.7 Å². The van der Waals surface area contributed by atoms with Gasteiger partial charge in [0.25, 0.3) is 5.91 Å². The first-order valence-electron chi connectivity index (χ1n) is 12.6. The molecule has 2 aliphatic rings. The van der Waals surface area contributed by atoms with E-state index in [4.69, 9.17) is 4.74 Å². The normalized spacial score (nSPS) is 18.9. The molecule has 3 heterocycles. The minimum absolute atomic E-state index is 0.105. The minimum Gasteiger partial charge on any atom is -0.379 e. The smallest absolute Gasteiger partial charge is 0.261 e. The Morgan fingerprint density at radius 3 is 2.84 bits per heavy atom. The number of aryl methyl sites for hydroxylation is 1. The van der Waals surface area contributed by atoms with Crippen LogP contribution in [-0.2, 0) is 27.4 Å². The SMILES string of the molecule is CC(CCn1nc(/C=C/CN2CCOCC2)cc1N(C)C=O)NC(=O)C1N=CN(Cc2ccccc2)N1. The van der Waals surface area contributed by atoms with Crippen LogP contribution in [0.1, 0.15) is 24.6 Å². The molecule has 2 amide bonds. The van der Waals surface area contributed by atoms with Crippen LogP contribution in [0.3, 0.4) is 0 Å². The number of carbonyl (C=O) groups is 2. The van der Waals surface area contributed by atoms with Crippen LogP contribution in [-0.4, -0.2) is 90.4 Å². The molecule has 2 atom stereocenters. The lowest BCUT2D eigenvalue weighted by molar-refractivity contribution is -0.124. The van der Waals surface area contributed by atoms with Crippen molar-refractivity contribution >= 4 is 30.5 Å². The van der Waals surface area contributed by atoms with Crippen LogP contribution in [0.25, 0.3) is 6.08 Å². The maximum Gasteiger partial charge on any atom is 0.261 e. The molecule has 4 rings (SSSR count). The second-order valence-corrected chi connectivity index (χ2v) is 9.29. The summed E-state index contributed by atoms with van der Waals surface area (Å²) < 4.78 is 7.19. The zero-order valence-corrected chi connectivity index (χ0v) is 21.5. The summed E-state index contributed by atoms with van der Waals surface area (Å²) in [6, 6.07) is 11.8. The summed E-state index contributed by atoms with van der Waals surface area (Å²) >= 11 is 0. The van der Waals surface area contributed by atoms with Crippen LogP contribution >= 0.6 is 0 Å². The van der Waals surface area contributed by atoms with Gasteiger partial charge in [-0.1, -0.05) is 36.4 Å². The Balaban J connectivity index is 1.26. The largest absolute Gasteiger partial charge is 0.379 e. The fraction of sp³-hybridized carbons (Fsp3) is 0.462. The number of amides is 2. The van der Waals surface area contributed by atoms with Crippen molar-refractivity contribution in [2.75, 3.05) is 44.8 Å². The highest BCUT2D eigenvalue weighted by Gasteiger charge is 2.25. The van der Waals surface area contributed by atoms with Gasteiger partial charge in [-0.25, -0.2) is 15.1 Å². The minimum atomic E-state index is -0.657. The fourth-order valence-electron chi connectivity index (χ4n) is 4.19. The Bertz CT molecular complexity index is 1080. The number of rotatable bonds is 12. The number of anilines is 1. The van der Waals surface area contributed by atoms with Gasteiger partial charge in [0.2, 0.25) is 6.41 Å². The first-order chi connectivity index (χ1) is 18.0. The Labute approximate surface area is 217 Å². The molecule has 2 unspecified atom stereocenters. The first-order valence-corrected chi connectivity index (χ1v) is 12.6. The standard InChI is InChI=1S/C26H36N8O3/c1-21(28-26(36)25-27-19-33(30-25)18-22-7-4-3-5-8-22)10-12-34-24(31(2)20-35)17-23(29-34)9-6-11-32-13-15-37-16-14-32/h3-9,17,19-21,25,30H,10-16,18H2,1-2H3,(H,28,36)/b9-6+. The fourth-order valence-corrected chi connectivity index (χ4v) is 4.19. The molecule has 198 valence electrons. The number of benzene rings is 1. The van der Waals surface area contributed by atoms with E-state index in [0.29, 0.717) is 25.3 Å². The number of aromatic nitrogens is 2. The van der Waals surface area contributed by atoms with Gasteiger partial charge in [-0.05, 0) is 25.0 Å². The zero-order chi connectivity index (χ0) is 26.0. The van der Waals surface area contributed by atoms with Crippen LogP contribution in [0.15, 0.2) is 47.5 Å². The second kappa shape index (κ2) is 13.1. The van der Waals surface area contributed by atoms with E-state index >= 15 is 0 Å². The molecule has 0 bridgehead atoms. The van der Waals surface area contributed by atoms with Crippen molar-refractivity contribution in [3.63, 3.8) is 0 Å². The predicted octanol–water partition coefficient (Wildman–Crippen LogP) is 1.09. The van der Waals surface area contributed by atoms with Crippen molar-refractivity contribution in [1.82, 2.24) is 30.4 Å². The van der Waals surface area contributed by atoms with Crippen molar-refractivity contribution < 1.29 is 14.3 Å². The van der Waals surface area contributed by atoms with Gasteiger partial charge in [0, 0.05) is 45.3 Å². The highest BCUT2D eigenvalue weighted by Crippen LogP contribution is 2.16. The molecule has 2 aromatic rings.